The average Bonchev–Trinajstić information content (AvgIpc) is 2.79. The molecule has 2 rings (SSSR count). The molecule has 1 unspecified atom stereocenters. The number of rotatable bonds is 5. The smallest absolute Gasteiger partial charge is 0.123 e. The van der Waals surface area contributed by atoms with Gasteiger partial charge in [-0.25, -0.2) is 9.37 Å². The van der Waals surface area contributed by atoms with Gasteiger partial charge in [-0.1, -0.05) is 19.1 Å². The molecule has 0 aliphatic heterocycles. The molecule has 1 aromatic heterocycles. The van der Waals surface area contributed by atoms with Crippen LogP contribution in [0.4, 0.5) is 4.39 Å². The fourth-order valence-corrected chi connectivity index (χ4v) is 1.84. The second kappa shape index (κ2) is 5.78. The Kier molecular flexibility index (Phi) is 4.10. The number of hydrogen-bond donors (Lipinski definition) is 1. The Balaban J connectivity index is 2.09. The van der Waals surface area contributed by atoms with Gasteiger partial charge < -0.3 is 10.3 Å². The van der Waals surface area contributed by atoms with Crippen LogP contribution in [0.5, 0.6) is 0 Å². The van der Waals surface area contributed by atoms with Crippen molar-refractivity contribution < 1.29 is 4.39 Å². The van der Waals surface area contributed by atoms with Crippen molar-refractivity contribution in [3.05, 3.63) is 53.9 Å². The molecule has 18 heavy (non-hydrogen) atoms. The van der Waals surface area contributed by atoms with Crippen LogP contribution in [-0.4, -0.2) is 15.6 Å². The number of nitrogens with two attached hydrogens (primary N) is 1. The number of benzene rings is 1. The van der Waals surface area contributed by atoms with Gasteiger partial charge in [0, 0.05) is 31.4 Å². The second-order valence-electron chi connectivity index (χ2n) is 4.47. The van der Waals surface area contributed by atoms with E-state index in [-0.39, 0.29) is 11.9 Å². The maximum absolute atomic E-state index is 12.8. The van der Waals surface area contributed by atoms with Gasteiger partial charge in [0.1, 0.15) is 11.6 Å². The Bertz CT molecular complexity index is 490. The summed E-state index contributed by atoms with van der Waals surface area (Å²) < 4.78 is 14.9. The molecule has 1 heterocycles. The van der Waals surface area contributed by atoms with E-state index in [1.807, 2.05) is 6.20 Å². The Hall–Kier alpha value is -1.68. The zero-order chi connectivity index (χ0) is 13.0. The van der Waals surface area contributed by atoms with Gasteiger partial charge in [0.25, 0.3) is 0 Å². The van der Waals surface area contributed by atoms with E-state index >= 15 is 0 Å². The average molecular weight is 247 g/mol. The molecule has 2 aromatic rings. The monoisotopic (exact) mass is 247 g/mol. The van der Waals surface area contributed by atoms with E-state index in [1.54, 1.807) is 18.3 Å². The predicted molar refractivity (Wildman–Crippen MR) is 69.7 cm³/mol. The van der Waals surface area contributed by atoms with Crippen molar-refractivity contribution in [3.63, 3.8) is 0 Å². The normalized spacial score (nSPS) is 12.6. The molecular formula is C14H18FN3. The molecule has 0 bridgehead atoms. The molecular weight excluding hydrogens is 229 g/mol. The molecule has 0 saturated carbocycles. The summed E-state index contributed by atoms with van der Waals surface area (Å²) in [6.07, 6.45) is 5.41. The Morgan fingerprint density at radius 3 is 2.72 bits per heavy atom. The molecule has 4 heteroatoms. The lowest BCUT2D eigenvalue weighted by Gasteiger charge is -2.11. The summed E-state index contributed by atoms with van der Waals surface area (Å²) in [7, 11) is 0. The van der Waals surface area contributed by atoms with E-state index in [2.05, 4.69) is 16.5 Å². The SMILES string of the molecule is CCC(N)Cc1nccn1Cc1ccc(F)cc1. The molecule has 0 radical (unpaired) electrons. The van der Waals surface area contributed by atoms with E-state index in [0.717, 1.165) is 24.2 Å². The van der Waals surface area contributed by atoms with Crippen LogP contribution in [0.3, 0.4) is 0 Å². The summed E-state index contributed by atoms with van der Waals surface area (Å²) in [4.78, 5) is 4.33. The van der Waals surface area contributed by atoms with Gasteiger partial charge in [0.15, 0.2) is 0 Å². The molecule has 1 atom stereocenters. The van der Waals surface area contributed by atoms with E-state index in [4.69, 9.17) is 5.73 Å². The van der Waals surface area contributed by atoms with Gasteiger partial charge in [-0.15, -0.1) is 0 Å². The van der Waals surface area contributed by atoms with Crippen molar-refractivity contribution >= 4 is 0 Å². The van der Waals surface area contributed by atoms with Gasteiger partial charge in [-0.2, -0.15) is 0 Å². The number of nitrogens with zero attached hydrogens (tertiary/aromatic N) is 2. The zero-order valence-electron chi connectivity index (χ0n) is 10.5. The van der Waals surface area contributed by atoms with Crippen molar-refractivity contribution in [1.29, 1.82) is 0 Å². The summed E-state index contributed by atoms with van der Waals surface area (Å²) in [6.45, 7) is 2.77. The van der Waals surface area contributed by atoms with Crippen molar-refractivity contribution in [2.45, 2.75) is 32.4 Å². The summed E-state index contributed by atoms with van der Waals surface area (Å²) in [6, 6.07) is 6.67. The number of hydrogen-bond acceptors (Lipinski definition) is 2. The fraction of sp³-hybridized carbons (Fsp3) is 0.357. The lowest BCUT2D eigenvalue weighted by atomic mass is 10.1. The Morgan fingerprint density at radius 1 is 1.33 bits per heavy atom. The Morgan fingerprint density at radius 2 is 2.06 bits per heavy atom. The first-order valence-electron chi connectivity index (χ1n) is 6.19. The van der Waals surface area contributed by atoms with Crippen LogP contribution >= 0.6 is 0 Å². The first-order valence-corrected chi connectivity index (χ1v) is 6.19. The summed E-state index contributed by atoms with van der Waals surface area (Å²) in [5.41, 5.74) is 7.00. The van der Waals surface area contributed by atoms with E-state index in [1.165, 1.54) is 12.1 Å². The minimum absolute atomic E-state index is 0.138. The van der Waals surface area contributed by atoms with Gasteiger partial charge in [-0.3, -0.25) is 0 Å². The predicted octanol–water partition coefficient (Wildman–Crippen LogP) is 2.35. The highest BCUT2D eigenvalue weighted by atomic mass is 19.1. The van der Waals surface area contributed by atoms with E-state index in [9.17, 15) is 4.39 Å². The highest BCUT2D eigenvalue weighted by Crippen LogP contribution is 2.09. The maximum Gasteiger partial charge on any atom is 0.123 e. The molecule has 0 aliphatic carbocycles. The van der Waals surface area contributed by atoms with Crippen LogP contribution in [0.25, 0.3) is 0 Å². The third kappa shape index (κ3) is 3.17. The quantitative estimate of drug-likeness (QED) is 0.881. The lowest BCUT2D eigenvalue weighted by Crippen LogP contribution is -2.23. The molecule has 3 nitrogen and oxygen atoms in total. The summed E-state index contributed by atoms with van der Waals surface area (Å²) >= 11 is 0. The number of halogens is 1. The molecule has 0 fully saturated rings. The van der Waals surface area contributed by atoms with Crippen molar-refractivity contribution in [2.24, 2.45) is 5.73 Å². The van der Waals surface area contributed by atoms with Crippen LogP contribution in [-0.2, 0) is 13.0 Å². The van der Waals surface area contributed by atoms with Crippen LogP contribution in [0.2, 0.25) is 0 Å². The molecule has 2 N–H and O–H groups in total. The van der Waals surface area contributed by atoms with Crippen molar-refractivity contribution in [2.75, 3.05) is 0 Å². The van der Waals surface area contributed by atoms with Gasteiger partial charge in [0.05, 0.1) is 0 Å². The van der Waals surface area contributed by atoms with Crippen molar-refractivity contribution in [1.82, 2.24) is 9.55 Å². The molecule has 0 amide bonds. The van der Waals surface area contributed by atoms with Crippen molar-refractivity contribution in [3.8, 4) is 0 Å². The second-order valence-corrected chi connectivity index (χ2v) is 4.47. The largest absolute Gasteiger partial charge is 0.330 e. The fourth-order valence-electron chi connectivity index (χ4n) is 1.84. The minimum Gasteiger partial charge on any atom is -0.330 e. The summed E-state index contributed by atoms with van der Waals surface area (Å²) in [5, 5.41) is 0. The topological polar surface area (TPSA) is 43.8 Å². The van der Waals surface area contributed by atoms with Crippen LogP contribution in [0, 0.1) is 5.82 Å². The van der Waals surface area contributed by atoms with Crippen LogP contribution in [0.1, 0.15) is 24.7 Å². The standard InChI is InChI=1S/C14H18FN3/c1-2-13(16)9-14-17-7-8-18(14)10-11-3-5-12(15)6-4-11/h3-8,13H,2,9-10,16H2,1H3. The van der Waals surface area contributed by atoms with Gasteiger partial charge >= 0.3 is 0 Å². The van der Waals surface area contributed by atoms with Gasteiger partial charge in [-0.05, 0) is 24.1 Å². The molecule has 96 valence electrons. The third-order valence-electron chi connectivity index (χ3n) is 3.04. The molecule has 0 spiro atoms. The first kappa shape index (κ1) is 12.8. The number of imidazole rings is 1. The van der Waals surface area contributed by atoms with E-state index in [0.29, 0.717) is 6.54 Å². The molecule has 0 saturated heterocycles. The number of aromatic nitrogens is 2. The minimum atomic E-state index is -0.211. The highest BCUT2D eigenvalue weighted by Gasteiger charge is 2.08. The third-order valence-corrected chi connectivity index (χ3v) is 3.04. The van der Waals surface area contributed by atoms with Crippen LogP contribution < -0.4 is 5.73 Å². The van der Waals surface area contributed by atoms with E-state index < -0.39 is 0 Å². The molecule has 0 aliphatic rings. The maximum atomic E-state index is 12.8. The van der Waals surface area contributed by atoms with Gasteiger partial charge in [0.2, 0.25) is 0 Å². The summed E-state index contributed by atoms with van der Waals surface area (Å²) in [5.74, 6) is 0.770. The Labute approximate surface area is 106 Å². The van der Waals surface area contributed by atoms with Crippen LogP contribution in [0.15, 0.2) is 36.7 Å². The molecule has 1 aromatic carbocycles. The zero-order valence-corrected chi connectivity index (χ0v) is 10.5. The first-order chi connectivity index (χ1) is 8.69. The highest BCUT2D eigenvalue weighted by molar-refractivity contribution is 5.17. The lowest BCUT2D eigenvalue weighted by molar-refractivity contribution is 0.596.